The average molecular weight is 343 g/mol. The molecule has 5 nitrogen and oxygen atoms in total. The van der Waals surface area contributed by atoms with Crippen LogP contribution in [0, 0.1) is 0 Å². The van der Waals surface area contributed by atoms with Gasteiger partial charge in [0.15, 0.2) is 0 Å². The number of rotatable bonds is 5. The van der Waals surface area contributed by atoms with E-state index in [2.05, 4.69) is 4.72 Å². The number of hydrogen-bond acceptors (Lipinski definition) is 4. The molecule has 3 rings (SSSR count). The number of ether oxygens (including phenoxy) is 2. The first kappa shape index (κ1) is 16.1. The lowest BCUT2D eigenvalue weighted by molar-refractivity contribution is 0.395. The standard InChI is InChI=1S/C18H17NO4S/c1-22-15-10-14(11-16(12-15)23-2)19-24(20,21)18-9-5-7-13-6-3-4-8-17(13)18/h3-12,19H,1-2H3. The van der Waals surface area contributed by atoms with Gasteiger partial charge in [-0.25, -0.2) is 8.42 Å². The van der Waals surface area contributed by atoms with Gasteiger partial charge in [0.1, 0.15) is 11.5 Å². The highest BCUT2D eigenvalue weighted by molar-refractivity contribution is 7.93. The number of anilines is 1. The zero-order chi connectivity index (χ0) is 17.2. The van der Waals surface area contributed by atoms with E-state index in [9.17, 15) is 8.42 Å². The van der Waals surface area contributed by atoms with Gasteiger partial charge in [-0.05, 0) is 11.5 Å². The van der Waals surface area contributed by atoms with Crippen molar-refractivity contribution >= 4 is 26.5 Å². The van der Waals surface area contributed by atoms with E-state index in [1.54, 1.807) is 36.4 Å². The molecule has 0 spiro atoms. The number of hydrogen-bond donors (Lipinski definition) is 1. The third-order valence-corrected chi connectivity index (χ3v) is 5.08. The zero-order valence-corrected chi connectivity index (χ0v) is 14.1. The predicted octanol–water partition coefficient (Wildman–Crippen LogP) is 3.66. The molecule has 24 heavy (non-hydrogen) atoms. The molecular formula is C18H17NO4S. The van der Waals surface area contributed by atoms with Crippen LogP contribution < -0.4 is 14.2 Å². The first-order valence-electron chi connectivity index (χ1n) is 7.27. The highest BCUT2D eigenvalue weighted by Gasteiger charge is 2.18. The molecule has 6 heteroatoms. The van der Waals surface area contributed by atoms with Crippen molar-refractivity contribution in [1.82, 2.24) is 0 Å². The molecular weight excluding hydrogens is 326 g/mol. The summed E-state index contributed by atoms with van der Waals surface area (Å²) in [5, 5.41) is 1.53. The fraction of sp³-hybridized carbons (Fsp3) is 0.111. The number of benzene rings is 3. The minimum Gasteiger partial charge on any atom is -0.497 e. The van der Waals surface area contributed by atoms with Gasteiger partial charge in [0.2, 0.25) is 0 Å². The lowest BCUT2D eigenvalue weighted by atomic mass is 10.1. The van der Waals surface area contributed by atoms with E-state index in [0.717, 1.165) is 5.39 Å². The van der Waals surface area contributed by atoms with Crippen molar-refractivity contribution in [2.75, 3.05) is 18.9 Å². The largest absolute Gasteiger partial charge is 0.497 e. The molecule has 3 aromatic carbocycles. The Labute approximate surface area is 140 Å². The summed E-state index contributed by atoms with van der Waals surface area (Å²) in [6.45, 7) is 0. The third kappa shape index (κ3) is 3.14. The van der Waals surface area contributed by atoms with Crippen LogP contribution in [0.1, 0.15) is 0 Å². The highest BCUT2D eigenvalue weighted by Crippen LogP contribution is 2.29. The third-order valence-electron chi connectivity index (χ3n) is 3.64. The fourth-order valence-corrected chi connectivity index (χ4v) is 3.78. The van der Waals surface area contributed by atoms with Crippen molar-refractivity contribution in [2.45, 2.75) is 4.90 Å². The van der Waals surface area contributed by atoms with Crippen LogP contribution in [0.3, 0.4) is 0 Å². The Hall–Kier alpha value is -2.73. The van der Waals surface area contributed by atoms with Gasteiger partial charge in [-0.3, -0.25) is 4.72 Å². The van der Waals surface area contributed by atoms with Crippen LogP contribution in [0.4, 0.5) is 5.69 Å². The van der Waals surface area contributed by atoms with Crippen molar-refractivity contribution in [2.24, 2.45) is 0 Å². The number of nitrogens with one attached hydrogen (secondary N) is 1. The van der Waals surface area contributed by atoms with Gasteiger partial charge in [0.25, 0.3) is 10.0 Å². The molecule has 0 fully saturated rings. The van der Waals surface area contributed by atoms with Gasteiger partial charge in [-0.1, -0.05) is 36.4 Å². The van der Waals surface area contributed by atoms with E-state index < -0.39 is 10.0 Å². The summed E-state index contributed by atoms with van der Waals surface area (Å²) in [6.07, 6.45) is 0. The predicted molar refractivity (Wildman–Crippen MR) is 94.3 cm³/mol. The highest BCUT2D eigenvalue weighted by atomic mass is 32.2. The fourth-order valence-electron chi connectivity index (χ4n) is 2.51. The van der Waals surface area contributed by atoms with Gasteiger partial charge in [0, 0.05) is 23.6 Å². The second-order valence-electron chi connectivity index (χ2n) is 5.18. The molecule has 124 valence electrons. The lowest BCUT2D eigenvalue weighted by Crippen LogP contribution is -2.13. The van der Waals surface area contributed by atoms with E-state index in [4.69, 9.17) is 9.47 Å². The maximum absolute atomic E-state index is 12.8. The summed E-state index contributed by atoms with van der Waals surface area (Å²) >= 11 is 0. The molecule has 0 heterocycles. The topological polar surface area (TPSA) is 64.6 Å². The van der Waals surface area contributed by atoms with E-state index in [0.29, 0.717) is 22.6 Å². The van der Waals surface area contributed by atoms with Crippen molar-refractivity contribution in [1.29, 1.82) is 0 Å². The molecule has 0 atom stereocenters. The van der Waals surface area contributed by atoms with E-state index in [-0.39, 0.29) is 4.90 Å². The quantitative estimate of drug-likeness (QED) is 0.768. The van der Waals surface area contributed by atoms with Gasteiger partial charge < -0.3 is 9.47 Å². The van der Waals surface area contributed by atoms with Crippen molar-refractivity contribution in [3.05, 3.63) is 60.7 Å². The van der Waals surface area contributed by atoms with Crippen LogP contribution in [0.2, 0.25) is 0 Å². The van der Waals surface area contributed by atoms with Crippen LogP contribution in [-0.4, -0.2) is 22.6 Å². The molecule has 0 aliphatic rings. The zero-order valence-electron chi connectivity index (χ0n) is 13.3. The summed E-state index contributed by atoms with van der Waals surface area (Å²) in [5.41, 5.74) is 0.374. The minimum absolute atomic E-state index is 0.224. The molecule has 0 saturated carbocycles. The summed E-state index contributed by atoms with van der Waals surface area (Å²) in [4.78, 5) is 0.224. The maximum Gasteiger partial charge on any atom is 0.262 e. The van der Waals surface area contributed by atoms with Crippen molar-refractivity contribution in [3.8, 4) is 11.5 Å². The van der Waals surface area contributed by atoms with Crippen LogP contribution in [0.25, 0.3) is 10.8 Å². The first-order chi connectivity index (χ1) is 11.5. The van der Waals surface area contributed by atoms with Gasteiger partial charge in [0.05, 0.1) is 24.8 Å². The van der Waals surface area contributed by atoms with E-state index in [1.807, 2.05) is 24.3 Å². The Bertz CT molecular complexity index is 956. The Morgan fingerprint density at radius 2 is 1.46 bits per heavy atom. The summed E-state index contributed by atoms with van der Waals surface area (Å²) < 4.78 is 38.6. The SMILES string of the molecule is COc1cc(NS(=O)(=O)c2cccc3ccccc23)cc(OC)c1. The molecule has 0 amide bonds. The summed E-state index contributed by atoms with van der Waals surface area (Å²) in [5.74, 6) is 1.01. The normalized spacial score (nSPS) is 11.2. The molecule has 0 aliphatic carbocycles. The number of methoxy groups -OCH3 is 2. The van der Waals surface area contributed by atoms with Crippen LogP contribution in [0.5, 0.6) is 11.5 Å². The summed E-state index contributed by atoms with van der Waals surface area (Å²) in [6, 6.07) is 17.4. The lowest BCUT2D eigenvalue weighted by Gasteiger charge is -2.13. The number of sulfonamides is 1. The molecule has 0 bridgehead atoms. The minimum atomic E-state index is -3.75. The van der Waals surface area contributed by atoms with Crippen LogP contribution in [0.15, 0.2) is 65.6 Å². The van der Waals surface area contributed by atoms with Gasteiger partial charge in [-0.15, -0.1) is 0 Å². The molecule has 0 saturated heterocycles. The van der Waals surface area contributed by atoms with Crippen molar-refractivity contribution < 1.29 is 17.9 Å². The molecule has 3 aromatic rings. The van der Waals surface area contributed by atoms with Crippen molar-refractivity contribution in [3.63, 3.8) is 0 Å². The molecule has 0 radical (unpaired) electrons. The van der Waals surface area contributed by atoms with E-state index in [1.165, 1.54) is 14.2 Å². The second kappa shape index (κ2) is 6.41. The van der Waals surface area contributed by atoms with Crippen LogP contribution >= 0.6 is 0 Å². The molecule has 1 N–H and O–H groups in total. The Morgan fingerprint density at radius 1 is 0.833 bits per heavy atom. The Kier molecular flexibility index (Phi) is 4.31. The Balaban J connectivity index is 2.05. The van der Waals surface area contributed by atoms with Gasteiger partial charge in [-0.2, -0.15) is 0 Å². The molecule has 0 unspecified atom stereocenters. The van der Waals surface area contributed by atoms with E-state index >= 15 is 0 Å². The summed E-state index contributed by atoms with van der Waals surface area (Å²) in [7, 11) is -0.728. The monoisotopic (exact) mass is 343 g/mol. The average Bonchev–Trinajstić information content (AvgIpc) is 2.60. The molecule has 0 aliphatic heterocycles. The Morgan fingerprint density at radius 3 is 2.12 bits per heavy atom. The van der Waals surface area contributed by atoms with Crippen LogP contribution in [-0.2, 0) is 10.0 Å². The maximum atomic E-state index is 12.8. The molecule has 0 aromatic heterocycles. The van der Waals surface area contributed by atoms with Gasteiger partial charge >= 0.3 is 0 Å². The first-order valence-corrected chi connectivity index (χ1v) is 8.75. The smallest absolute Gasteiger partial charge is 0.262 e. The number of fused-ring (bicyclic) bond motifs is 1. The second-order valence-corrected chi connectivity index (χ2v) is 6.83.